The van der Waals surface area contributed by atoms with Crippen molar-refractivity contribution in [2.45, 2.75) is 43.7 Å². The molecule has 5 rings (SSSR count). The highest BCUT2D eigenvalue weighted by molar-refractivity contribution is 7.99. The van der Waals surface area contributed by atoms with Gasteiger partial charge in [0, 0.05) is 42.6 Å². The summed E-state index contributed by atoms with van der Waals surface area (Å²) in [6.45, 7) is 6.03. The molecule has 2 heterocycles. The number of hydrogen-bond acceptors (Lipinski definition) is 6. The molecule has 1 saturated carbocycles. The van der Waals surface area contributed by atoms with Gasteiger partial charge in [-0.05, 0) is 43.5 Å². The first kappa shape index (κ1) is 20.1. The fourth-order valence-electron chi connectivity index (χ4n) is 4.13. The molecule has 3 aromatic rings. The van der Waals surface area contributed by atoms with Crippen LogP contribution < -0.4 is 15.5 Å². The monoisotopic (exact) mass is 433 g/mol. The predicted molar refractivity (Wildman–Crippen MR) is 127 cm³/mol. The number of rotatable bonds is 5. The van der Waals surface area contributed by atoms with E-state index in [-0.39, 0.29) is 11.4 Å². The lowest BCUT2D eigenvalue weighted by Gasteiger charge is -2.23. The number of aryl methyl sites for hydroxylation is 1. The molecule has 0 saturated heterocycles. The molecule has 1 aromatic heterocycles. The van der Waals surface area contributed by atoms with E-state index in [4.69, 9.17) is 9.97 Å². The van der Waals surface area contributed by atoms with E-state index in [0.29, 0.717) is 6.54 Å². The van der Waals surface area contributed by atoms with E-state index in [2.05, 4.69) is 64.9 Å². The summed E-state index contributed by atoms with van der Waals surface area (Å²) in [4.78, 5) is 25.1. The predicted octanol–water partition coefficient (Wildman–Crippen LogP) is 4.13. The average molecular weight is 434 g/mol. The lowest BCUT2D eigenvalue weighted by molar-refractivity contribution is -0.119. The van der Waals surface area contributed by atoms with Gasteiger partial charge < -0.3 is 15.5 Å². The number of nitrogens with one attached hydrogen (secondary N) is 2. The van der Waals surface area contributed by atoms with Gasteiger partial charge in [-0.15, -0.1) is 11.8 Å². The third kappa shape index (κ3) is 4.32. The van der Waals surface area contributed by atoms with E-state index >= 15 is 0 Å². The number of hydrogen-bond donors (Lipinski definition) is 2. The van der Waals surface area contributed by atoms with Crippen LogP contribution >= 0.6 is 11.8 Å². The lowest BCUT2D eigenvalue weighted by atomic mass is 10.1. The Morgan fingerprint density at radius 1 is 1.19 bits per heavy atom. The zero-order valence-corrected chi connectivity index (χ0v) is 18.8. The first-order valence-electron chi connectivity index (χ1n) is 10.8. The van der Waals surface area contributed by atoms with Gasteiger partial charge in [-0.1, -0.05) is 29.8 Å². The van der Waals surface area contributed by atoms with Crippen molar-refractivity contribution in [3.05, 3.63) is 53.6 Å². The van der Waals surface area contributed by atoms with Crippen LogP contribution in [-0.2, 0) is 11.3 Å². The van der Waals surface area contributed by atoms with Crippen molar-refractivity contribution >= 4 is 40.3 Å². The Morgan fingerprint density at radius 3 is 2.84 bits per heavy atom. The molecule has 0 spiro atoms. The number of carbonyl (C=O) groups is 1. The minimum absolute atomic E-state index is 0.0177. The number of amides is 1. The van der Waals surface area contributed by atoms with Gasteiger partial charge >= 0.3 is 0 Å². The summed E-state index contributed by atoms with van der Waals surface area (Å²) in [5.74, 6) is 2.61. The van der Waals surface area contributed by atoms with Crippen LogP contribution in [0.2, 0.25) is 0 Å². The highest BCUT2D eigenvalue weighted by Gasteiger charge is 2.43. The van der Waals surface area contributed by atoms with Crippen molar-refractivity contribution in [2.24, 2.45) is 0 Å². The van der Waals surface area contributed by atoms with Gasteiger partial charge in [0.15, 0.2) is 0 Å². The Kier molecular flexibility index (Phi) is 5.22. The number of fused-ring (bicyclic) bond motifs is 2. The number of carbonyl (C=O) groups excluding carboxylic acids is 1. The zero-order valence-electron chi connectivity index (χ0n) is 17.9. The van der Waals surface area contributed by atoms with E-state index in [1.807, 2.05) is 11.8 Å². The third-order valence-corrected chi connectivity index (χ3v) is 7.06. The molecule has 1 aliphatic heterocycles. The van der Waals surface area contributed by atoms with Crippen LogP contribution in [0.3, 0.4) is 0 Å². The van der Waals surface area contributed by atoms with E-state index in [0.717, 1.165) is 54.4 Å². The maximum atomic E-state index is 11.6. The third-order valence-electron chi connectivity index (χ3n) is 5.96. The first-order chi connectivity index (χ1) is 15.0. The number of benzene rings is 2. The van der Waals surface area contributed by atoms with Crippen LogP contribution in [0, 0.1) is 6.92 Å². The van der Waals surface area contributed by atoms with Gasteiger partial charge in [0.1, 0.15) is 5.82 Å². The Bertz CT molecular complexity index is 1140. The molecule has 31 heavy (non-hydrogen) atoms. The molecule has 6 nitrogen and oxygen atoms in total. The molecule has 2 aromatic carbocycles. The maximum absolute atomic E-state index is 11.6. The lowest BCUT2D eigenvalue weighted by Crippen LogP contribution is -2.40. The second-order valence-corrected chi connectivity index (χ2v) is 9.72. The molecule has 2 N–H and O–H groups in total. The van der Waals surface area contributed by atoms with Crippen LogP contribution in [0.25, 0.3) is 10.9 Å². The summed E-state index contributed by atoms with van der Waals surface area (Å²) >= 11 is 1.89. The van der Waals surface area contributed by atoms with Gasteiger partial charge in [0.2, 0.25) is 11.9 Å². The van der Waals surface area contributed by atoms with Crippen LogP contribution in [-0.4, -0.2) is 40.3 Å². The first-order valence-corrected chi connectivity index (χ1v) is 11.8. The Balaban J connectivity index is 1.48. The topological polar surface area (TPSA) is 70.2 Å². The molecule has 7 heteroatoms. The molecular weight excluding hydrogens is 406 g/mol. The summed E-state index contributed by atoms with van der Waals surface area (Å²) in [5.41, 5.74) is 3.28. The fourth-order valence-corrected chi connectivity index (χ4v) is 5.15. The van der Waals surface area contributed by atoms with Gasteiger partial charge in [-0.25, -0.2) is 4.98 Å². The number of nitrogens with zero attached hydrogens (tertiary/aromatic N) is 3. The highest BCUT2D eigenvalue weighted by atomic mass is 32.2. The Labute approximate surface area is 186 Å². The number of anilines is 2. The SMILES string of the molecule is CC(=O)NC1(CNc2nc(N3CCSc4ccccc4C3)nc3ccc(C)cc23)CC1. The van der Waals surface area contributed by atoms with Crippen molar-refractivity contribution in [3.63, 3.8) is 0 Å². The fraction of sp³-hybridized carbons (Fsp3) is 0.375. The van der Waals surface area contributed by atoms with Gasteiger partial charge in [-0.2, -0.15) is 4.98 Å². The molecular formula is C24H27N5OS. The average Bonchev–Trinajstić information content (AvgIpc) is 3.54. The van der Waals surface area contributed by atoms with E-state index in [9.17, 15) is 4.79 Å². The Hall–Kier alpha value is -2.80. The van der Waals surface area contributed by atoms with Crippen molar-refractivity contribution < 1.29 is 4.79 Å². The highest BCUT2D eigenvalue weighted by Crippen LogP contribution is 2.36. The smallest absolute Gasteiger partial charge is 0.228 e. The minimum atomic E-state index is -0.148. The van der Waals surface area contributed by atoms with Gasteiger partial charge in [0.05, 0.1) is 11.1 Å². The van der Waals surface area contributed by atoms with E-state index in [1.54, 1.807) is 6.92 Å². The maximum Gasteiger partial charge on any atom is 0.228 e. The second kappa shape index (κ2) is 8.04. The second-order valence-electron chi connectivity index (χ2n) is 8.59. The number of aromatic nitrogens is 2. The van der Waals surface area contributed by atoms with Crippen molar-refractivity contribution in [1.29, 1.82) is 0 Å². The molecule has 0 unspecified atom stereocenters. The van der Waals surface area contributed by atoms with Crippen molar-refractivity contribution in [2.75, 3.05) is 29.1 Å². The molecule has 1 aliphatic carbocycles. The van der Waals surface area contributed by atoms with Crippen LogP contribution in [0.1, 0.15) is 30.9 Å². The minimum Gasteiger partial charge on any atom is -0.367 e. The van der Waals surface area contributed by atoms with Crippen molar-refractivity contribution in [1.82, 2.24) is 15.3 Å². The quantitative estimate of drug-likeness (QED) is 0.631. The van der Waals surface area contributed by atoms with Crippen LogP contribution in [0.4, 0.5) is 11.8 Å². The van der Waals surface area contributed by atoms with Crippen LogP contribution in [0.15, 0.2) is 47.4 Å². The molecule has 160 valence electrons. The molecule has 2 aliphatic rings. The van der Waals surface area contributed by atoms with E-state index < -0.39 is 0 Å². The van der Waals surface area contributed by atoms with E-state index in [1.165, 1.54) is 16.0 Å². The van der Waals surface area contributed by atoms with Crippen LogP contribution in [0.5, 0.6) is 0 Å². The molecule has 0 bridgehead atoms. The Morgan fingerprint density at radius 2 is 2.03 bits per heavy atom. The summed E-state index contributed by atoms with van der Waals surface area (Å²) in [6, 6.07) is 14.9. The largest absolute Gasteiger partial charge is 0.367 e. The molecule has 0 radical (unpaired) electrons. The summed E-state index contributed by atoms with van der Waals surface area (Å²) in [5, 5.41) is 7.66. The standard InChI is InChI=1S/C24H27N5OS/c1-16-7-8-20-19(13-16)22(25-15-24(9-10-24)28-17(2)30)27-23(26-20)29-11-12-31-21-6-4-3-5-18(21)14-29/h3-8,13H,9-12,14-15H2,1-2H3,(H,28,30)(H,25,26,27). The number of thioether (sulfide) groups is 1. The molecule has 0 atom stereocenters. The van der Waals surface area contributed by atoms with Gasteiger partial charge in [0.25, 0.3) is 0 Å². The molecule has 1 amide bonds. The molecule has 1 fully saturated rings. The summed E-state index contributed by atoms with van der Waals surface area (Å²) < 4.78 is 0. The summed E-state index contributed by atoms with van der Waals surface area (Å²) in [7, 11) is 0. The van der Waals surface area contributed by atoms with Crippen molar-refractivity contribution in [3.8, 4) is 0 Å². The normalized spacial score (nSPS) is 17.0. The zero-order chi connectivity index (χ0) is 21.4. The van der Waals surface area contributed by atoms with Gasteiger partial charge in [-0.3, -0.25) is 4.79 Å². The summed E-state index contributed by atoms with van der Waals surface area (Å²) in [6.07, 6.45) is 1.99.